The summed E-state index contributed by atoms with van der Waals surface area (Å²) >= 11 is 1.60. The molecule has 0 aliphatic heterocycles. The lowest BCUT2D eigenvalue weighted by Gasteiger charge is -2.18. The summed E-state index contributed by atoms with van der Waals surface area (Å²) in [5.41, 5.74) is 0.521. The smallest absolute Gasteiger partial charge is 0.258 e. The van der Waals surface area contributed by atoms with Crippen molar-refractivity contribution in [2.45, 2.75) is 12.5 Å². The number of carbonyl (C=O) groups excluding carboxylic acids is 2. The molecular formula is C20H22N6O3S. The Morgan fingerprint density at radius 1 is 1.20 bits per heavy atom. The number of carbonyl (C=O) groups is 2. The Balaban J connectivity index is 1.56. The highest BCUT2D eigenvalue weighted by Gasteiger charge is 2.21. The molecule has 0 radical (unpaired) electrons. The molecule has 9 nitrogen and oxygen atoms in total. The fourth-order valence-electron chi connectivity index (χ4n) is 2.56. The number of amides is 2. The number of hydrogen-bond acceptors (Lipinski definition) is 7. The standard InChI is InChI=1S/C20H22N6O3S/c1-30-10-9-17(25-19(27)12-29-16-5-3-2-4-6-16)20(28)24-15-7-8-18(22-11-15)26-14-21-13-23-26/h2-8,11,13-14,17H,9-10,12H2,1H3,(H,24,28)(H,25,27). The molecule has 0 aliphatic rings. The van der Waals surface area contributed by atoms with Crippen LogP contribution in [0, 0.1) is 0 Å². The van der Waals surface area contributed by atoms with Crippen LogP contribution in [-0.4, -0.2) is 56.2 Å². The predicted molar refractivity (Wildman–Crippen MR) is 115 cm³/mol. The van der Waals surface area contributed by atoms with Gasteiger partial charge in [0.25, 0.3) is 5.91 Å². The molecule has 0 bridgehead atoms. The van der Waals surface area contributed by atoms with E-state index in [2.05, 4.69) is 25.7 Å². The number of benzene rings is 1. The topological polar surface area (TPSA) is 111 Å². The van der Waals surface area contributed by atoms with E-state index in [1.807, 2.05) is 24.5 Å². The summed E-state index contributed by atoms with van der Waals surface area (Å²) in [5, 5.41) is 9.54. The van der Waals surface area contributed by atoms with Crippen LogP contribution in [0.15, 0.2) is 61.3 Å². The van der Waals surface area contributed by atoms with E-state index in [0.29, 0.717) is 23.7 Å². The molecule has 30 heavy (non-hydrogen) atoms. The van der Waals surface area contributed by atoms with Gasteiger partial charge in [0.1, 0.15) is 24.4 Å². The molecule has 2 amide bonds. The zero-order chi connectivity index (χ0) is 21.2. The minimum absolute atomic E-state index is 0.165. The molecule has 156 valence electrons. The van der Waals surface area contributed by atoms with E-state index in [4.69, 9.17) is 4.74 Å². The first-order valence-corrected chi connectivity index (χ1v) is 10.6. The number of nitrogens with one attached hydrogen (secondary N) is 2. The third-order valence-electron chi connectivity index (χ3n) is 4.04. The number of anilines is 1. The fraction of sp³-hybridized carbons (Fsp3) is 0.250. The summed E-state index contributed by atoms with van der Waals surface area (Å²) in [6.45, 7) is -0.165. The molecule has 0 fully saturated rings. The van der Waals surface area contributed by atoms with Crippen LogP contribution in [0.25, 0.3) is 5.82 Å². The van der Waals surface area contributed by atoms with Crippen LogP contribution in [0.2, 0.25) is 0 Å². The lowest BCUT2D eigenvalue weighted by Crippen LogP contribution is -2.45. The molecule has 3 aromatic rings. The van der Waals surface area contributed by atoms with Gasteiger partial charge in [0.2, 0.25) is 5.91 Å². The number of thioether (sulfide) groups is 1. The van der Waals surface area contributed by atoms with Crippen molar-refractivity contribution in [1.82, 2.24) is 25.1 Å². The number of rotatable bonds is 10. The summed E-state index contributed by atoms with van der Waals surface area (Å²) < 4.78 is 6.96. The summed E-state index contributed by atoms with van der Waals surface area (Å²) in [4.78, 5) is 33.1. The van der Waals surface area contributed by atoms with E-state index < -0.39 is 6.04 Å². The maximum absolute atomic E-state index is 12.7. The Hall–Kier alpha value is -3.40. The van der Waals surface area contributed by atoms with Gasteiger partial charge >= 0.3 is 0 Å². The van der Waals surface area contributed by atoms with Gasteiger partial charge in [0.05, 0.1) is 11.9 Å². The Morgan fingerprint density at radius 3 is 2.70 bits per heavy atom. The number of pyridine rings is 1. The molecule has 2 N–H and O–H groups in total. The molecule has 0 saturated carbocycles. The highest BCUT2D eigenvalue weighted by atomic mass is 32.2. The number of para-hydroxylation sites is 1. The van der Waals surface area contributed by atoms with Crippen LogP contribution in [0.4, 0.5) is 5.69 Å². The molecule has 1 aromatic carbocycles. The van der Waals surface area contributed by atoms with Gasteiger partial charge < -0.3 is 15.4 Å². The second kappa shape index (κ2) is 11.0. The largest absolute Gasteiger partial charge is 0.484 e. The molecule has 3 rings (SSSR count). The number of ether oxygens (including phenoxy) is 1. The van der Waals surface area contributed by atoms with Crippen LogP contribution in [0.5, 0.6) is 5.75 Å². The van der Waals surface area contributed by atoms with Crippen molar-refractivity contribution in [3.05, 3.63) is 61.3 Å². The second-order valence-electron chi connectivity index (χ2n) is 6.24. The molecule has 0 saturated heterocycles. The van der Waals surface area contributed by atoms with Gasteiger partial charge in [-0.05, 0) is 42.7 Å². The third-order valence-corrected chi connectivity index (χ3v) is 4.69. The molecule has 0 aliphatic carbocycles. The van der Waals surface area contributed by atoms with Gasteiger partial charge in [-0.25, -0.2) is 14.6 Å². The van der Waals surface area contributed by atoms with Gasteiger partial charge in [-0.3, -0.25) is 9.59 Å². The fourth-order valence-corrected chi connectivity index (χ4v) is 3.03. The van der Waals surface area contributed by atoms with E-state index in [9.17, 15) is 9.59 Å². The summed E-state index contributed by atoms with van der Waals surface area (Å²) in [6, 6.07) is 11.8. The zero-order valence-corrected chi connectivity index (χ0v) is 17.2. The normalized spacial score (nSPS) is 11.5. The minimum Gasteiger partial charge on any atom is -0.484 e. The maximum atomic E-state index is 12.7. The van der Waals surface area contributed by atoms with Crippen LogP contribution in [0.1, 0.15) is 6.42 Å². The van der Waals surface area contributed by atoms with Crippen molar-refractivity contribution < 1.29 is 14.3 Å². The first-order valence-electron chi connectivity index (χ1n) is 9.24. The van der Waals surface area contributed by atoms with E-state index in [1.54, 1.807) is 36.0 Å². The van der Waals surface area contributed by atoms with Crippen LogP contribution >= 0.6 is 11.8 Å². The quantitative estimate of drug-likeness (QED) is 0.509. The Labute approximate surface area is 178 Å². The first kappa shape index (κ1) is 21.3. The Morgan fingerprint density at radius 2 is 2.03 bits per heavy atom. The molecule has 1 atom stereocenters. The average Bonchev–Trinajstić information content (AvgIpc) is 3.31. The second-order valence-corrected chi connectivity index (χ2v) is 7.22. The van der Waals surface area contributed by atoms with E-state index in [1.165, 1.54) is 23.5 Å². The van der Waals surface area contributed by atoms with Gasteiger partial charge in [-0.15, -0.1) is 0 Å². The van der Waals surface area contributed by atoms with Crippen LogP contribution < -0.4 is 15.4 Å². The first-order chi connectivity index (χ1) is 14.7. The van der Waals surface area contributed by atoms with Gasteiger partial charge in [-0.1, -0.05) is 18.2 Å². The highest BCUT2D eigenvalue weighted by Crippen LogP contribution is 2.11. The molecule has 0 spiro atoms. The van der Waals surface area contributed by atoms with Crippen molar-refractivity contribution in [2.75, 3.05) is 23.9 Å². The summed E-state index contributed by atoms with van der Waals surface area (Å²) in [6.07, 6.45) is 6.92. The summed E-state index contributed by atoms with van der Waals surface area (Å²) in [7, 11) is 0. The average molecular weight is 427 g/mol. The van der Waals surface area contributed by atoms with Crippen LogP contribution in [0.3, 0.4) is 0 Å². The van der Waals surface area contributed by atoms with Gasteiger partial charge in [0, 0.05) is 0 Å². The molecule has 10 heteroatoms. The van der Waals surface area contributed by atoms with E-state index in [-0.39, 0.29) is 18.4 Å². The minimum atomic E-state index is -0.681. The monoisotopic (exact) mass is 426 g/mol. The summed E-state index contributed by atoms with van der Waals surface area (Å²) in [5.74, 6) is 1.22. The third kappa shape index (κ3) is 6.31. The van der Waals surface area contributed by atoms with Crippen molar-refractivity contribution >= 4 is 29.3 Å². The number of nitrogens with zero attached hydrogens (tertiary/aromatic N) is 4. The Kier molecular flexibility index (Phi) is 7.78. The van der Waals surface area contributed by atoms with E-state index in [0.717, 1.165) is 5.75 Å². The lowest BCUT2D eigenvalue weighted by molar-refractivity contribution is -0.127. The van der Waals surface area contributed by atoms with E-state index >= 15 is 0 Å². The van der Waals surface area contributed by atoms with Crippen LogP contribution in [-0.2, 0) is 9.59 Å². The van der Waals surface area contributed by atoms with Crippen molar-refractivity contribution in [3.63, 3.8) is 0 Å². The molecule has 2 heterocycles. The number of aromatic nitrogens is 4. The van der Waals surface area contributed by atoms with Crippen molar-refractivity contribution in [3.8, 4) is 11.6 Å². The molecule has 2 aromatic heterocycles. The van der Waals surface area contributed by atoms with Crippen molar-refractivity contribution in [2.24, 2.45) is 0 Å². The molecule has 1 unspecified atom stereocenters. The zero-order valence-electron chi connectivity index (χ0n) is 16.4. The molecular weight excluding hydrogens is 404 g/mol. The maximum Gasteiger partial charge on any atom is 0.258 e. The van der Waals surface area contributed by atoms with Gasteiger partial charge in [0.15, 0.2) is 12.4 Å². The predicted octanol–water partition coefficient (Wildman–Crippen LogP) is 1.92. The van der Waals surface area contributed by atoms with Crippen molar-refractivity contribution in [1.29, 1.82) is 0 Å². The number of hydrogen-bond donors (Lipinski definition) is 2. The van der Waals surface area contributed by atoms with Gasteiger partial charge in [-0.2, -0.15) is 16.9 Å². The Bertz CT molecular complexity index is 935. The lowest BCUT2D eigenvalue weighted by atomic mass is 10.2. The highest BCUT2D eigenvalue weighted by molar-refractivity contribution is 7.98. The SMILES string of the molecule is CSCCC(NC(=O)COc1ccccc1)C(=O)Nc1ccc(-n2cncn2)nc1.